The molecule has 1 aromatic heterocycles. The van der Waals surface area contributed by atoms with Gasteiger partial charge in [-0.2, -0.15) is 0 Å². The van der Waals surface area contributed by atoms with Crippen LogP contribution in [0, 0.1) is 0 Å². The van der Waals surface area contributed by atoms with E-state index >= 15 is 0 Å². The van der Waals surface area contributed by atoms with Crippen molar-refractivity contribution < 1.29 is 19.4 Å². The Labute approximate surface area is 189 Å². The maximum absolute atomic E-state index is 13.0. The molecule has 0 aliphatic carbocycles. The Bertz CT molecular complexity index is 955. The van der Waals surface area contributed by atoms with E-state index in [0.29, 0.717) is 36.4 Å². The number of aliphatic hydroxyl groups is 1. The molecule has 1 unspecified atom stereocenters. The van der Waals surface area contributed by atoms with Crippen molar-refractivity contribution >= 4 is 17.4 Å². The van der Waals surface area contributed by atoms with Crippen molar-refractivity contribution in [2.24, 2.45) is 0 Å². The quantitative estimate of drug-likeness (QED) is 0.265. The summed E-state index contributed by atoms with van der Waals surface area (Å²) in [6.45, 7) is 3.91. The van der Waals surface area contributed by atoms with E-state index in [1.54, 1.807) is 42.7 Å². The molecule has 1 atom stereocenters. The highest BCUT2D eigenvalue weighted by molar-refractivity contribution is 6.46. The molecule has 2 heterocycles. The number of pyridine rings is 1. The lowest BCUT2D eigenvalue weighted by Gasteiger charge is -2.25. The average molecular weight is 438 g/mol. The second-order valence-corrected chi connectivity index (χ2v) is 8.16. The number of nitrogens with zero attached hydrogens (tertiary/aromatic N) is 3. The van der Waals surface area contributed by atoms with E-state index < -0.39 is 17.7 Å². The second-order valence-electron chi connectivity index (χ2n) is 8.16. The number of carbonyl (C=O) groups excluding carboxylic acids is 2. The first-order valence-electron chi connectivity index (χ1n) is 11.0. The van der Waals surface area contributed by atoms with Crippen LogP contribution in [0.4, 0.5) is 0 Å². The van der Waals surface area contributed by atoms with Crippen molar-refractivity contribution in [2.75, 3.05) is 33.8 Å². The van der Waals surface area contributed by atoms with Gasteiger partial charge in [0.05, 0.1) is 18.2 Å². The summed E-state index contributed by atoms with van der Waals surface area (Å²) >= 11 is 0. The summed E-state index contributed by atoms with van der Waals surface area (Å²) in [5, 5.41) is 11.1. The van der Waals surface area contributed by atoms with Crippen molar-refractivity contribution in [2.45, 2.75) is 32.2 Å². The predicted molar refractivity (Wildman–Crippen MR) is 123 cm³/mol. The molecule has 3 rings (SSSR count). The number of aliphatic hydroxyl groups excluding tert-OH is 1. The van der Waals surface area contributed by atoms with Crippen molar-refractivity contribution in [1.82, 2.24) is 14.8 Å². The molecule has 0 spiro atoms. The van der Waals surface area contributed by atoms with E-state index in [1.807, 2.05) is 25.1 Å². The molecule has 32 heavy (non-hydrogen) atoms. The summed E-state index contributed by atoms with van der Waals surface area (Å²) < 4.78 is 5.68. The van der Waals surface area contributed by atoms with E-state index in [-0.39, 0.29) is 11.3 Å². The molecule has 7 heteroatoms. The van der Waals surface area contributed by atoms with Crippen LogP contribution in [0.1, 0.15) is 43.4 Å². The van der Waals surface area contributed by atoms with Crippen LogP contribution in [0.2, 0.25) is 0 Å². The highest BCUT2D eigenvalue weighted by Gasteiger charge is 2.45. The van der Waals surface area contributed by atoms with Crippen LogP contribution in [0.5, 0.6) is 5.75 Å². The van der Waals surface area contributed by atoms with Crippen LogP contribution in [-0.4, -0.2) is 65.4 Å². The summed E-state index contributed by atoms with van der Waals surface area (Å²) in [6, 6.07) is 9.84. The maximum atomic E-state index is 13.0. The Hall–Kier alpha value is -3.19. The molecule has 1 amide bonds. The molecule has 1 aliphatic heterocycles. The van der Waals surface area contributed by atoms with Gasteiger partial charge in [-0.15, -0.1) is 0 Å². The SMILES string of the molecule is CCCCOc1ccc(/C(O)=C2/C(=O)C(=O)N(CCCN(C)C)C2c2cccnc2)cc1. The van der Waals surface area contributed by atoms with Crippen LogP contribution in [0.25, 0.3) is 5.76 Å². The van der Waals surface area contributed by atoms with Gasteiger partial charge in [0, 0.05) is 24.5 Å². The third-order valence-electron chi connectivity index (χ3n) is 5.44. The minimum absolute atomic E-state index is 0.0903. The number of carbonyl (C=O) groups is 2. The van der Waals surface area contributed by atoms with E-state index in [0.717, 1.165) is 19.4 Å². The third-order valence-corrected chi connectivity index (χ3v) is 5.44. The number of rotatable bonds is 10. The molecule has 0 radical (unpaired) electrons. The smallest absolute Gasteiger partial charge is 0.295 e. The normalized spacial score (nSPS) is 17.9. The lowest BCUT2D eigenvalue weighted by atomic mass is 9.96. The molecule has 1 saturated heterocycles. The molecule has 0 saturated carbocycles. The van der Waals surface area contributed by atoms with Gasteiger partial charge < -0.3 is 19.6 Å². The predicted octanol–water partition coefficient (Wildman–Crippen LogP) is 3.63. The molecule has 0 bridgehead atoms. The first-order valence-corrected chi connectivity index (χ1v) is 11.0. The number of aromatic nitrogens is 1. The van der Waals surface area contributed by atoms with Gasteiger partial charge >= 0.3 is 0 Å². The highest BCUT2D eigenvalue weighted by atomic mass is 16.5. The van der Waals surface area contributed by atoms with Crippen molar-refractivity contribution in [3.05, 3.63) is 65.5 Å². The Kier molecular flexibility index (Phi) is 8.00. The Balaban J connectivity index is 1.95. The second kappa shape index (κ2) is 10.9. The lowest BCUT2D eigenvalue weighted by Crippen LogP contribution is -2.32. The number of hydrogen-bond acceptors (Lipinski definition) is 6. The summed E-state index contributed by atoms with van der Waals surface area (Å²) in [7, 11) is 3.92. The number of likely N-dealkylation sites (tertiary alicyclic amines) is 1. The number of ketones is 1. The molecular formula is C25H31N3O4. The molecule has 1 fully saturated rings. The summed E-state index contributed by atoms with van der Waals surface area (Å²) in [5.74, 6) is -0.765. The van der Waals surface area contributed by atoms with Gasteiger partial charge in [-0.1, -0.05) is 19.4 Å². The molecule has 1 aliphatic rings. The number of benzene rings is 1. The summed E-state index contributed by atoms with van der Waals surface area (Å²) in [5.41, 5.74) is 1.25. The fraction of sp³-hybridized carbons (Fsp3) is 0.400. The highest BCUT2D eigenvalue weighted by Crippen LogP contribution is 2.39. The van der Waals surface area contributed by atoms with Crippen LogP contribution in [0.3, 0.4) is 0 Å². The number of unbranched alkanes of at least 4 members (excludes halogenated alkanes) is 1. The third kappa shape index (κ3) is 5.34. The van der Waals surface area contributed by atoms with Gasteiger partial charge in [-0.25, -0.2) is 0 Å². The van der Waals surface area contributed by atoms with Crippen LogP contribution in [-0.2, 0) is 9.59 Å². The lowest BCUT2D eigenvalue weighted by molar-refractivity contribution is -0.139. The zero-order valence-electron chi connectivity index (χ0n) is 19.0. The number of Topliss-reactive ketones (excluding diaryl/α,β-unsaturated/α-hetero) is 1. The van der Waals surface area contributed by atoms with Crippen molar-refractivity contribution in [3.63, 3.8) is 0 Å². The average Bonchev–Trinajstić information content (AvgIpc) is 3.04. The first-order chi connectivity index (χ1) is 15.4. The Morgan fingerprint density at radius 3 is 2.53 bits per heavy atom. The Morgan fingerprint density at radius 1 is 1.16 bits per heavy atom. The molecule has 1 aromatic carbocycles. The molecular weight excluding hydrogens is 406 g/mol. The van der Waals surface area contributed by atoms with Crippen molar-refractivity contribution in [3.8, 4) is 5.75 Å². The molecule has 1 N–H and O–H groups in total. The fourth-order valence-corrected chi connectivity index (χ4v) is 3.75. The van der Waals surface area contributed by atoms with Gasteiger partial charge in [0.25, 0.3) is 11.7 Å². The molecule has 170 valence electrons. The Morgan fingerprint density at radius 2 is 1.91 bits per heavy atom. The van der Waals surface area contributed by atoms with Gasteiger partial charge in [-0.3, -0.25) is 14.6 Å². The van der Waals surface area contributed by atoms with E-state index in [9.17, 15) is 14.7 Å². The van der Waals surface area contributed by atoms with E-state index in [1.165, 1.54) is 4.90 Å². The van der Waals surface area contributed by atoms with Crippen LogP contribution in [0.15, 0.2) is 54.4 Å². The van der Waals surface area contributed by atoms with Gasteiger partial charge in [0.15, 0.2) is 0 Å². The monoisotopic (exact) mass is 437 g/mol. The van der Waals surface area contributed by atoms with E-state index in [2.05, 4.69) is 11.9 Å². The first kappa shape index (κ1) is 23.5. The molecule has 7 nitrogen and oxygen atoms in total. The maximum Gasteiger partial charge on any atom is 0.295 e. The van der Waals surface area contributed by atoms with Crippen molar-refractivity contribution in [1.29, 1.82) is 0 Å². The van der Waals surface area contributed by atoms with E-state index in [4.69, 9.17) is 4.74 Å². The van der Waals surface area contributed by atoms with Crippen LogP contribution < -0.4 is 4.74 Å². The fourth-order valence-electron chi connectivity index (χ4n) is 3.75. The zero-order valence-corrected chi connectivity index (χ0v) is 19.0. The topological polar surface area (TPSA) is 83.0 Å². The molecule has 2 aromatic rings. The largest absolute Gasteiger partial charge is 0.507 e. The number of ether oxygens (including phenoxy) is 1. The standard InChI is InChI=1S/C25H31N3O4/c1-4-5-16-32-20-11-9-18(10-12-20)23(29)21-22(19-8-6-13-26-17-19)28(25(31)24(21)30)15-7-14-27(2)3/h6,8-13,17,22,29H,4-5,7,14-16H2,1-3H3/b23-21-. The minimum Gasteiger partial charge on any atom is -0.507 e. The number of amides is 1. The number of hydrogen-bond donors (Lipinski definition) is 1. The summed E-state index contributed by atoms with van der Waals surface area (Å²) in [4.78, 5) is 33.6. The summed E-state index contributed by atoms with van der Waals surface area (Å²) in [6.07, 6.45) is 5.99. The minimum atomic E-state index is -0.676. The van der Waals surface area contributed by atoms with Gasteiger partial charge in [0.2, 0.25) is 0 Å². The van der Waals surface area contributed by atoms with Gasteiger partial charge in [-0.05, 0) is 69.4 Å². The zero-order chi connectivity index (χ0) is 23.1. The van der Waals surface area contributed by atoms with Crippen LogP contribution >= 0.6 is 0 Å². The van der Waals surface area contributed by atoms with Gasteiger partial charge in [0.1, 0.15) is 11.5 Å².